The highest BCUT2D eigenvalue weighted by molar-refractivity contribution is 7.26. The third kappa shape index (κ3) is 5.22. The molecule has 0 bridgehead atoms. The van der Waals surface area contributed by atoms with Crippen LogP contribution in [0.3, 0.4) is 0 Å². The van der Waals surface area contributed by atoms with Gasteiger partial charge < -0.3 is 14.8 Å². The number of fused-ring (bicyclic) bond motifs is 1. The van der Waals surface area contributed by atoms with Gasteiger partial charge in [-0.05, 0) is 48.5 Å². The standard InChI is InChI=1S/C21H14F2N2O4S2/c22-21(23)29-13-7-5-12(6-8-13)24-18(26)11-28-20(27)17-10-9-16(30-17)19-25-14-3-1-2-4-15(14)31-19/h1-10,21H,11H2,(H,24,26). The lowest BCUT2D eigenvalue weighted by Crippen LogP contribution is -2.20. The van der Waals surface area contributed by atoms with Crippen molar-refractivity contribution < 1.29 is 27.8 Å². The molecule has 10 heteroatoms. The van der Waals surface area contributed by atoms with E-state index in [1.165, 1.54) is 46.9 Å². The zero-order chi connectivity index (χ0) is 21.8. The fourth-order valence-corrected chi connectivity index (χ4v) is 4.58. The number of halogens is 2. The molecule has 0 saturated carbocycles. The van der Waals surface area contributed by atoms with E-state index in [2.05, 4.69) is 15.0 Å². The summed E-state index contributed by atoms with van der Waals surface area (Å²) in [5.41, 5.74) is 1.25. The van der Waals surface area contributed by atoms with Crippen molar-refractivity contribution in [3.8, 4) is 15.6 Å². The monoisotopic (exact) mass is 460 g/mol. The van der Waals surface area contributed by atoms with Crippen molar-refractivity contribution in [1.29, 1.82) is 0 Å². The number of alkyl halides is 2. The van der Waals surface area contributed by atoms with Crippen molar-refractivity contribution >= 4 is 50.5 Å². The van der Waals surface area contributed by atoms with Crippen molar-refractivity contribution in [1.82, 2.24) is 4.98 Å². The Kier molecular flexibility index (Phi) is 6.19. The molecule has 1 amide bonds. The summed E-state index contributed by atoms with van der Waals surface area (Å²) in [6, 6.07) is 16.6. The van der Waals surface area contributed by atoms with Gasteiger partial charge in [0.2, 0.25) is 0 Å². The van der Waals surface area contributed by atoms with Crippen LogP contribution in [0.5, 0.6) is 5.75 Å². The molecule has 6 nitrogen and oxygen atoms in total. The molecule has 0 spiro atoms. The zero-order valence-electron chi connectivity index (χ0n) is 15.7. The molecule has 2 heterocycles. The van der Waals surface area contributed by atoms with Crippen LogP contribution in [0.1, 0.15) is 9.67 Å². The minimum Gasteiger partial charge on any atom is -0.451 e. The normalized spacial score (nSPS) is 10.9. The Morgan fingerprint density at radius 1 is 1.00 bits per heavy atom. The van der Waals surface area contributed by atoms with Crippen LogP contribution in [-0.2, 0) is 9.53 Å². The first-order valence-electron chi connectivity index (χ1n) is 8.95. The number of anilines is 1. The van der Waals surface area contributed by atoms with E-state index in [0.717, 1.165) is 20.1 Å². The molecule has 4 aromatic rings. The van der Waals surface area contributed by atoms with Gasteiger partial charge in [-0.3, -0.25) is 4.79 Å². The summed E-state index contributed by atoms with van der Waals surface area (Å²) in [5, 5.41) is 3.32. The Labute approximate surface area is 183 Å². The van der Waals surface area contributed by atoms with Gasteiger partial charge in [-0.15, -0.1) is 22.7 Å². The molecule has 0 aliphatic heterocycles. The molecular weight excluding hydrogens is 446 g/mol. The molecule has 158 valence electrons. The van der Waals surface area contributed by atoms with Gasteiger partial charge >= 0.3 is 12.6 Å². The number of ether oxygens (including phenoxy) is 2. The highest BCUT2D eigenvalue weighted by Gasteiger charge is 2.16. The Balaban J connectivity index is 1.32. The van der Waals surface area contributed by atoms with Gasteiger partial charge in [0, 0.05) is 5.69 Å². The maximum atomic E-state index is 12.3. The number of para-hydroxylation sites is 1. The maximum Gasteiger partial charge on any atom is 0.387 e. The van der Waals surface area contributed by atoms with Crippen molar-refractivity contribution in [2.24, 2.45) is 0 Å². The van der Waals surface area contributed by atoms with Gasteiger partial charge in [-0.25, -0.2) is 9.78 Å². The van der Waals surface area contributed by atoms with E-state index in [4.69, 9.17) is 4.74 Å². The first kappa shape index (κ1) is 20.9. The fourth-order valence-electron chi connectivity index (χ4n) is 2.66. The van der Waals surface area contributed by atoms with Crippen LogP contribution in [0.2, 0.25) is 0 Å². The lowest BCUT2D eigenvalue weighted by Gasteiger charge is -2.08. The number of nitrogens with zero attached hydrogens (tertiary/aromatic N) is 1. The smallest absolute Gasteiger partial charge is 0.387 e. The molecule has 0 saturated heterocycles. The highest BCUT2D eigenvalue weighted by atomic mass is 32.1. The molecule has 0 aliphatic rings. The number of hydrogen-bond donors (Lipinski definition) is 1. The molecule has 31 heavy (non-hydrogen) atoms. The summed E-state index contributed by atoms with van der Waals surface area (Å²) in [6.45, 7) is -3.41. The molecule has 0 atom stereocenters. The van der Waals surface area contributed by atoms with Crippen molar-refractivity contribution in [2.45, 2.75) is 6.61 Å². The number of aromatic nitrogens is 1. The quantitative estimate of drug-likeness (QED) is 0.373. The predicted octanol–water partition coefficient (Wildman–Crippen LogP) is 5.42. The summed E-state index contributed by atoms with van der Waals surface area (Å²) in [6.07, 6.45) is 0. The molecule has 4 rings (SSSR count). The minimum absolute atomic E-state index is 0.0268. The number of amides is 1. The van der Waals surface area contributed by atoms with Gasteiger partial charge in [-0.1, -0.05) is 12.1 Å². The first-order chi connectivity index (χ1) is 15.0. The number of carbonyl (C=O) groups excluding carboxylic acids is 2. The number of thiazole rings is 1. The Hall–Kier alpha value is -3.37. The number of rotatable bonds is 7. The second-order valence-corrected chi connectivity index (χ2v) is 8.29. The van der Waals surface area contributed by atoms with Crippen molar-refractivity contribution in [3.63, 3.8) is 0 Å². The third-order valence-electron chi connectivity index (χ3n) is 4.01. The fraction of sp³-hybridized carbons (Fsp3) is 0.0952. The van der Waals surface area contributed by atoms with Crippen LogP contribution in [0.4, 0.5) is 14.5 Å². The average molecular weight is 460 g/mol. The molecule has 0 aliphatic carbocycles. The zero-order valence-corrected chi connectivity index (χ0v) is 17.3. The topological polar surface area (TPSA) is 77.5 Å². The van der Waals surface area contributed by atoms with Crippen LogP contribution < -0.4 is 10.1 Å². The lowest BCUT2D eigenvalue weighted by atomic mass is 10.3. The third-order valence-corrected chi connectivity index (χ3v) is 6.28. The maximum absolute atomic E-state index is 12.3. The minimum atomic E-state index is -2.92. The number of hydrogen-bond acceptors (Lipinski definition) is 7. The van der Waals surface area contributed by atoms with E-state index in [9.17, 15) is 18.4 Å². The summed E-state index contributed by atoms with van der Waals surface area (Å²) >= 11 is 2.77. The number of nitrogens with one attached hydrogen (secondary N) is 1. The second-order valence-electron chi connectivity index (χ2n) is 6.18. The van der Waals surface area contributed by atoms with Crippen molar-refractivity contribution in [2.75, 3.05) is 11.9 Å². The first-order valence-corrected chi connectivity index (χ1v) is 10.6. The number of esters is 1. The molecule has 2 aromatic heterocycles. The molecule has 0 radical (unpaired) electrons. The summed E-state index contributed by atoms with van der Waals surface area (Å²) < 4.78 is 34.7. The van der Waals surface area contributed by atoms with E-state index in [1.807, 2.05) is 24.3 Å². The van der Waals surface area contributed by atoms with E-state index in [-0.39, 0.29) is 5.75 Å². The molecular formula is C21H14F2N2O4S2. The van der Waals surface area contributed by atoms with Crippen molar-refractivity contribution in [3.05, 3.63) is 65.5 Å². The Bertz CT molecular complexity index is 1190. The average Bonchev–Trinajstić information content (AvgIpc) is 3.40. The predicted molar refractivity (Wildman–Crippen MR) is 115 cm³/mol. The van der Waals surface area contributed by atoms with E-state index >= 15 is 0 Å². The van der Waals surface area contributed by atoms with Crippen LogP contribution >= 0.6 is 22.7 Å². The van der Waals surface area contributed by atoms with Crippen LogP contribution in [0, 0.1) is 0 Å². The van der Waals surface area contributed by atoms with Gasteiger partial charge in [0.25, 0.3) is 5.91 Å². The number of benzene rings is 2. The summed E-state index contributed by atoms with van der Waals surface area (Å²) in [5.74, 6) is -1.20. The van der Waals surface area contributed by atoms with Crippen LogP contribution in [0.15, 0.2) is 60.7 Å². The van der Waals surface area contributed by atoms with Gasteiger partial charge in [0.05, 0.1) is 15.1 Å². The summed E-state index contributed by atoms with van der Waals surface area (Å²) in [7, 11) is 0. The lowest BCUT2D eigenvalue weighted by molar-refractivity contribution is -0.119. The van der Waals surface area contributed by atoms with Gasteiger partial charge in [-0.2, -0.15) is 8.78 Å². The van der Waals surface area contributed by atoms with E-state index in [0.29, 0.717) is 10.6 Å². The molecule has 0 fully saturated rings. The number of thiophene rings is 1. The Morgan fingerprint density at radius 2 is 1.77 bits per heavy atom. The SMILES string of the molecule is O=C(COC(=O)c1ccc(-c2nc3ccccc3s2)s1)Nc1ccc(OC(F)F)cc1. The highest BCUT2D eigenvalue weighted by Crippen LogP contribution is 2.34. The van der Waals surface area contributed by atoms with E-state index < -0.39 is 25.1 Å². The Morgan fingerprint density at radius 3 is 2.52 bits per heavy atom. The largest absolute Gasteiger partial charge is 0.451 e. The molecule has 2 aromatic carbocycles. The van der Waals surface area contributed by atoms with Crippen LogP contribution in [0.25, 0.3) is 20.1 Å². The van der Waals surface area contributed by atoms with Crippen LogP contribution in [-0.4, -0.2) is 30.1 Å². The second kappa shape index (κ2) is 9.19. The summed E-state index contributed by atoms with van der Waals surface area (Å²) in [4.78, 5) is 30.0. The van der Waals surface area contributed by atoms with E-state index in [1.54, 1.807) is 12.1 Å². The van der Waals surface area contributed by atoms with Gasteiger partial charge in [0.1, 0.15) is 15.6 Å². The molecule has 0 unspecified atom stereocenters. The van der Waals surface area contributed by atoms with Gasteiger partial charge in [0.15, 0.2) is 6.61 Å². The molecule has 1 N–H and O–H groups in total. The number of carbonyl (C=O) groups is 2.